The second-order valence-corrected chi connectivity index (χ2v) is 21.8. The Morgan fingerprint density at radius 3 is 1.17 bits per heavy atom. The van der Waals surface area contributed by atoms with Crippen LogP contribution in [0.3, 0.4) is 0 Å². The first-order valence-corrected chi connectivity index (χ1v) is 23.9. The predicted octanol–water partition coefficient (Wildman–Crippen LogP) is 16.0. The molecule has 0 aliphatic heterocycles. The maximum absolute atomic E-state index is 4.70. The minimum Gasteiger partial charge on any atom is -0.256 e. The largest absolute Gasteiger partial charge is 0.256 e. The lowest BCUT2D eigenvalue weighted by Crippen LogP contribution is -2.15. The summed E-state index contributed by atoms with van der Waals surface area (Å²) in [6, 6.07) is 28.4. The van der Waals surface area contributed by atoms with E-state index in [0.29, 0.717) is 11.8 Å². The van der Waals surface area contributed by atoms with E-state index in [4.69, 9.17) is 4.98 Å². The molecule has 0 bridgehead atoms. The molecule has 342 valence electrons. The lowest BCUT2D eigenvalue weighted by molar-refractivity contribution is 0.578. The van der Waals surface area contributed by atoms with E-state index >= 15 is 0 Å². The van der Waals surface area contributed by atoms with Crippen molar-refractivity contribution in [1.82, 2.24) is 24.9 Å². The average molecular weight is 860 g/mol. The molecule has 3 aromatic heterocycles. The van der Waals surface area contributed by atoms with Crippen molar-refractivity contribution in [3.63, 3.8) is 0 Å². The van der Waals surface area contributed by atoms with Gasteiger partial charge >= 0.3 is 0 Å². The molecule has 0 aliphatic rings. The van der Waals surface area contributed by atoms with Crippen molar-refractivity contribution in [2.75, 3.05) is 0 Å². The Balaban J connectivity index is 0.000000210. The molecule has 0 saturated heterocycles. The van der Waals surface area contributed by atoms with Crippen molar-refractivity contribution in [1.29, 1.82) is 0 Å². The van der Waals surface area contributed by atoms with E-state index in [1.807, 2.05) is 18.6 Å². The van der Waals surface area contributed by atoms with Crippen LogP contribution < -0.4 is 0 Å². The van der Waals surface area contributed by atoms with E-state index in [-0.39, 0.29) is 16.2 Å². The van der Waals surface area contributed by atoms with Crippen LogP contribution in [-0.4, -0.2) is 24.9 Å². The lowest BCUT2D eigenvalue weighted by atomic mass is 9.85. The Labute approximate surface area is 389 Å². The van der Waals surface area contributed by atoms with Gasteiger partial charge in [-0.1, -0.05) is 183 Å². The quantitative estimate of drug-likeness (QED) is 0.121. The highest BCUT2D eigenvalue weighted by Gasteiger charge is 2.20. The SMILES string of the molecule is CCCCCc1ccc(-c2ncc(C(C)(C)C)c(C)n2)cc1.Cc1cc(-c2ccc(CC(C)C)cc2)ncc1C(C)(C)C.Cc1nc(-c2ccc(CC(C)C)cc2)ncc1C(C)(C)C. The number of hydrogen-bond acceptors (Lipinski definition) is 5. The van der Waals surface area contributed by atoms with Crippen LogP contribution in [0, 0.1) is 32.6 Å². The number of pyridine rings is 1. The summed E-state index contributed by atoms with van der Waals surface area (Å²) >= 11 is 0. The van der Waals surface area contributed by atoms with Crippen LogP contribution in [0.2, 0.25) is 0 Å². The summed E-state index contributed by atoms with van der Waals surface area (Å²) in [5, 5.41) is 0. The zero-order valence-electron chi connectivity index (χ0n) is 42.9. The number of aromatic nitrogens is 5. The zero-order valence-corrected chi connectivity index (χ0v) is 42.9. The molecule has 3 aromatic carbocycles. The number of hydrogen-bond donors (Lipinski definition) is 0. The van der Waals surface area contributed by atoms with Gasteiger partial charge in [0.2, 0.25) is 0 Å². The third-order valence-electron chi connectivity index (χ3n) is 11.5. The predicted molar refractivity (Wildman–Crippen MR) is 275 cm³/mol. The van der Waals surface area contributed by atoms with Gasteiger partial charge in [0, 0.05) is 46.7 Å². The monoisotopic (exact) mass is 860 g/mol. The lowest BCUT2D eigenvalue weighted by Gasteiger charge is -2.21. The Hall–Kier alpha value is -5.03. The van der Waals surface area contributed by atoms with Gasteiger partial charge in [-0.2, -0.15) is 0 Å². The highest BCUT2D eigenvalue weighted by atomic mass is 14.9. The molecule has 0 N–H and O–H groups in total. The molecule has 0 atom stereocenters. The molecule has 0 unspecified atom stereocenters. The molecule has 0 aliphatic carbocycles. The van der Waals surface area contributed by atoms with E-state index in [1.165, 1.54) is 63.8 Å². The van der Waals surface area contributed by atoms with Crippen LogP contribution in [0.1, 0.15) is 167 Å². The molecular weight excluding hydrogens is 779 g/mol. The van der Waals surface area contributed by atoms with E-state index in [2.05, 4.69) is 217 Å². The van der Waals surface area contributed by atoms with Crippen molar-refractivity contribution in [2.24, 2.45) is 11.8 Å². The third-order valence-corrected chi connectivity index (χ3v) is 11.5. The molecule has 0 fully saturated rings. The maximum Gasteiger partial charge on any atom is 0.159 e. The van der Waals surface area contributed by atoms with E-state index < -0.39 is 0 Å². The first-order valence-electron chi connectivity index (χ1n) is 23.9. The van der Waals surface area contributed by atoms with Crippen molar-refractivity contribution in [3.05, 3.63) is 148 Å². The fourth-order valence-corrected chi connectivity index (χ4v) is 8.13. The van der Waals surface area contributed by atoms with Gasteiger partial charge in [-0.3, -0.25) is 4.98 Å². The maximum atomic E-state index is 4.70. The van der Waals surface area contributed by atoms with Gasteiger partial charge in [-0.05, 0) is 120 Å². The molecule has 5 nitrogen and oxygen atoms in total. The van der Waals surface area contributed by atoms with Crippen LogP contribution in [-0.2, 0) is 35.5 Å². The molecule has 6 aromatic rings. The van der Waals surface area contributed by atoms with Gasteiger partial charge in [-0.15, -0.1) is 0 Å². The highest BCUT2D eigenvalue weighted by Crippen LogP contribution is 2.30. The molecule has 3 heterocycles. The summed E-state index contributed by atoms with van der Waals surface area (Å²) in [5.41, 5.74) is 16.2. The van der Waals surface area contributed by atoms with Gasteiger partial charge < -0.3 is 0 Å². The molecule has 64 heavy (non-hydrogen) atoms. The Morgan fingerprint density at radius 1 is 0.453 bits per heavy atom. The van der Waals surface area contributed by atoms with Crippen molar-refractivity contribution in [3.8, 4) is 34.0 Å². The van der Waals surface area contributed by atoms with Crippen LogP contribution in [0.25, 0.3) is 34.0 Å². The molecule has 5 heteroatoms. The Kier molecular flexibility index (Phi) is 18.3. The summed E-state index contributed by atoms with van der Waals surface area (Å²) < 4.78 is 0. The normalized spacial score (nSPS) is 11.9. The van der Waals surface area contributed by atoms with E-state index in [9.17, 15) is 0 Å². The van der Waals surface area contributed by atoms with Crippen LogP contribution >= 0.6 is 0 Å². The van der Waals surface area contributed by atoms with Gasteiger partial charge in [-0.25, -0.2) is 19.9 Å². The molecule has 0 spiro atoms. The summed E-state index contributed by atoms with van der Waals surface area (Å²) in [6.07, 6.45) is 13.2. The number of benzene rings is 3. The summed E-state index contributed by atoms with van der Waals surface area (Å²) in [7, 11) is 0. The van der Waals surface area contributed by atoms with Crippen LogP contribution in [0.5, 0.6) is 0 Å². The first kappa shape index (κ1) is 51.6. The number of aryl methyl sites for hydroxylation is 4. The van der Waals surface area contributed by atoms with Crippen molar-refractivity contribution in [2.45, 2.75) is 172 Å². The van der Waals surface area contributed by atoms with Gasteiger partial charge in [0.05, 0.1) is 5.69 Å². The molecule has 0 radical (unpaired) electrons. The Bertz CT molecular complexity index is 2240. The average Bonchev–Trinajstić information content (AvgIpc) is 3.20. The molecular formula is C59H81N5. The van der Waals surface area contributed by atoms with Crippen molar-refractivity contribution < 1.29 is 0 Å². The minimum absolute atomic E-state index is 0.0870. The fraction of sp³-hybridized carbons (Fsp3) is 0.475. The topological polar surface area (TPSA) is 64.5 Å². The van der Waals surface area contributed by atoms with E-state index in [1.54, 1.807) is 0 Å². The summed E-state index contributed by atoms with van der Waals surface area (Å²) in [4.78, 5) is 23.2. The summed E-state index contributed by atoms with van der Waals surface area (Å²) in [5.74, 6) is 3.02. The number of nitrogens with zero attached hydrogens (tertiary/aromatic N) is 5. The standard InChI is InChI=1S/C20H28N2.C20H27N.C19H26N2/c1-6-7-8-9-16-10-12-17(13-11-16)19-21-14-18(15(2)22-19)20(3,4)5;1-14(2)11-16-7-9-17(10-8-16)19-12-15(3)18(13-21-19)20(4,5)6;1-13(2)11-15-7-9-16(10-8-15)18-20-12-17(14(3)21-18)19(4,5)6/h10-14H,6-9H2,1-5H3;7-10,12-14H,11H2,1-6H3;7-10,12-13H,11H2,1-6H3. The zero-order chi connectivity index (χ0) is 47.4. The van der Waals surface area contributed by atoms with Gasteiger partial charge in [0.15, 0.2) is 11.6 Å². The first-order chi connectivity index (χ1) is 30.0. The fourth-order valence-electron chi connectivity index (χ4n) is 8.13. The van der Waals surface area contributed by atoms with Crippen LogP contribution in [0.15, 0.2) is 97.5 Å². The van der Waals surface area contributed by atoms with Gasteiger partial charge in [0.25, 0.3) is 0 Å². The second kappa shape index (κ2) is 22.7. The minimum atomic E-state index is 0.0870. The highest BCUT2D eigenvalue weighted by molar-refractivity contribution is 5.61. The Morgan fingerprint density at radius 2 is 0.828 bits per heavy atom. The number of unbranched alkanes of at least 4 members (excludes halogenated alkanes) is 2. The second-order valence-electron chi connectivity index (χ2n) is 21.8. The van der Waals surface area contributed by atoms with E-state index in [0.717, 1.165) is 59.1 Å². The third kappa shape index (κ3) is 15.6. The smallest absolute Gasteiger partial charge is 0.159 e. The molecule has 0 saturated carbocycles. The number of rotatable bonds is 11. The molecule has 6 rings (SSSR count). The van der Waals surface area contributed by atoms with Gasteiger partial charge in [0.1, 0.15) is 0 Å². The summed E-state index contributed by atoms with van der Waals surface area (Å²) in [6.45, 7) is 37.4. The molecule has 0 amide bonds. The van der Waals surface area contributed by atoms with Crippen molar-refractivity contribution >= 4 is 0 Å². The van der Waals surface area contributed by atoms with Crippen LogP contribution in [0.4, 0.5) is 0 Å².